The monoisotopic (exact) mass is 244 g/mol. The number of nitriles is 1. The average molecular weight is 245 g/mol. The van der Waals surface area contributed by atoms with Crippen LogP contribution in [0.3, 0.4) is 0 Å². The Labute approximate surface area is 104 Å². The van der Waals surface area contributed by atoms with Crippen LogP contribution in [0, 0.1) is 18.3 Å². The molecule has 0 aliphatic carbocycles. The van der Waals surface area contributed by atoms with E-state index in [-0.39, 0.29) is 10.7 Å². The maximum Gasteiger partial charge on any atom is 0.150 e. The maximum absolute atomic E-state index is 8.98. The van der Waals surface area contributed by atoms with Crippen LogP contribution in [0.5, 0.6) is 11.5 Å². The van der Waals surface area contributed by atoms with Gasteiger partial charge in [0, 0.05) is 12.3 Å². The summed E-state index contributed by atoms with van der Waals surface area (Å²) in [5.74, 6) is 1.09. The molecule has 0 saturated heterocycles. The fourth-order valence-electron chi connectivity index (χ4n) is 1.41. The second-order valence-corrected chi connectivity index (χ2v) is 3.86. The van der Waals surface area contributed by atoms with Crippen molar-refractivity contribution >= 4 is 11.6 Å². The van der Waals surface area contributed by atoms with Gasteiger partial charge in [0.25, 0.3) is 0 Å². The van der Waals surface area contributed by atoms with Crippen molar-refractivity contribution in [2.45, 2.75) is 6.92 Å². The molecule has 0 amide bonds. The number of halogens is 1. The number of hydrogen-bond donors (Lipinski definition) is 0. The second-order valence-electron chi connectivity index (χ2n) is 3.51. The van der Waals surface area contributed by atoms with Gasteiger partial charge in [-0.3, -0.25) is 0 Å². The van der Waals surface area contributed by atoms with Crippen molar-refractivity contribution in [2.75, 3.05) is 0 Å². The Kier molecular flexibility index (Phi) is 3.27. The molecule has 0 spiro atoms. The van der Waals surface area contributed by atoms with Gasteiger partial charge in [-0.05, 0) is 24.6 Å². The normalized spacial score (nSPS) is 9.71. The third kappa shape index (κ3) is 2.55. The van der Waals surface area contributed by atoms with Crippen molar-refractivity contribution in [3.8, 4) is 17.6 Å². The van der Waals surface area contributed by atoms with E-state index in [1.54, 1.807) is 6.07 Å². The average Bonchev–Trinajstić information content (AvgIpc) is 2.29. The molecular weight excluding hydrogens is 236 g/mol. The smallest absolute Gasteiger partial charge is 0.150 e. The number of aryl methyl sites for hydroxylation is 1. The second kappa shape index (κ2) is 4.86. The molecule has 0 bridgehead atoms. The van der Waals surface area contributed by atoms with E-state index in [1.165, 1.54) is 6.20 Å². The summed E-state index contributed by atoms with van der Waals surface area (Å²) in [5, 5.41) is 9.13. The van der Waals surface area contributed by atoms with E-state index in [9.17, 15) is 0 Å². The van der Waals surface area contributed by atoms with E-state index < -0.39 is 0 Å². The van der Waals surface area contributed by atoms with Crippen LogP contribution < -0.4 is 4.74 Å². The van der Waals surface area contributed by atoms with Gasteiger partial charge in [0.15, 0.2) is 5.15 Å². The molecule has 3 nitrogen and oxygen atoms in total. The fraction of sp³-hybridized carbons (Fsp3) is 0.0769. The molecule has 2 rings (SSSR count). The lowest BCUT2D eigenvalue weighted by atomic mass is 10.2. The predicted octanol–water partition coefficient (Wildman–Crippen LogP) is 3.71. The van der Waals surface area contributed by atoms with Gasteiger partial charge in [0.2, 0.25) is 0 Å². The molecular formula is C13H9ClN2O. The summed E-state index contributed by atoms with van der Waals surface area (Å²) >= 11 is 5.81. The SMILES string of the molecule is Cc1cccc(Oc2ccnc(Cl)c2C#N)c1. The van der Waals surface area contributed by atoms with Crippen LogP contribution in [0.1, 0.15) is 11.1 Å². The Morgan fingerprint density at radius 1 is 1.35 bits per heavy atom. The summed E-state index contributed by atoms with van der Waals surface area (Å²) in [6.07, 6.45) is 1.51. The first-order valence-corrected chi connectivity index (χ1v) is 5.37. The first kappa shape index (κ1) is 11.4. The molecule has 0 N–H and O–H groups in total. The number of benzene rings is 1. The van der Waals surface area contributed by atoms with Crippen molar-refractivity contribution in [2.24, 2.45) is 0 Å². The lowest BCUT2D eigenvalue weighted by Crippen LogP contribution is -1.91. The topological polar surface area (TPSA) is 45.9 Å². The number of pyridine rings is 1. The van der Waals surface area contributed by atoms with Crippen LogP contribution in [0.4, 0.5) is 0 Å². The highest BCUT2D eigenvalue weighted by atomic mass is 35.5. The summed E-state index contributed by atoms with van der Waals surface area (Å²) in [7, 11) is 0. The van der Waals surface area contributed by atoms with E-state index in [2.05, 4.69) is 4.98 Å². The van der Waals surface area contributed by atoms with Crippen LogP contribution in [0.15, 0.2) is 36.5 Å². The maximum atomic E-state index is 8.98. The number of nitrogens with zero attached hydrogens (tertiary/aromatic N) is 2. The van der Waals surface area contributed by atoms with Crippen molar-refractivity contribution in [3.05, 3.63) is 52.8 Å². The van der Waals surface area contributed by atoms with Gasteiger partial charge in [0.05, 0.1) is 0 Å². The first-order chi connectivity index (χ1) is 8.20. The molecule has 0 unspecified atom stereocenters. The third-order valence-electron chi connectivity index (χ3n) is 2.20. The van der Waals surface area contributed by atoms with E-state index in [1.807, 2.05) is 37.3 Å². The van der Waals surface area contributed by atoms with E-state index >= 15 is 0 Å². The zero-order valence-corrected chi connectivity index (χ0v) is 9.90. The lowest BCUT2D eigenvalue weighted by Gasteiger charge is -2.08. The van der Waals surface area contributed by atoms with Crippen LogP contribution in [0.2, 0.25) is 5.15 Å². The van der Waals surface area contributed by atoms with Gasteiger partial charge in [-0.2, -0.15) is 5.26 Å². The quantitative estimate of drug-likeness (QED) is 0.757. The summed E-state index contributed by atoms with van der Waals surface area (Å²) in [6, 6.07) is 11.2. The highest BCUT2D eigenvalue weighted by Gasteiger charge is 2.09. The predicted molar refractivity (Wildman–Crippen MR) is 65.2 cm³/mol. The highest BCUT2D eigenvalue weighted by Crippen LogP contribution is 2.28. The van der Waals surface area contributed by atoms with Crippen LogP contribution in [-0.4, -0.2) is 4.98 Å². The van der Waals surface area contributed by atoms with Crippen molar-refractivity contribution in [1.82, 2.24) is 4.98 Å². The third-order valence-corrected chi connectivity index (χ3v) is 2.48. The number of aromatic nitrogens is 1. The van der Waals surface area contributed by atoms with E-state index in [0.29, 0.717) is 11.5 Å². The first-order valence-electron chi connectivity index (χ1n) is 5.00. The fourth-order valence-corrected chi connectivity index (χ4v) is 1.60. The molecule has 0 atom stereocenters. The van der Waals surface area contributed by atoms with E-state index in [0.717, 1.165) is 5.56 Å². The Morgan fingerprint density at radius 3 is 2.88 bits per heavy atom. The van der Waals surface area contributed by atoms with Crippen LogP contribution in [-0.2, 0) is 0 Å². The summed E-state index contributed by atoms with van der Waals surface area (Å²) in [6.45, 7) is 1.97. The largest absolute Gasteiger partial charge is 0.456 e. The highest BCUT2D eigenvalue weighted by molar-refractivity contribution is 6.30. The van der Waals surface area contributed by atoms with Gasteiger partial charge >= 0.3 is 0 Å². The van der Waals surface area contributed by atoms with Crippen LogP contribution >= 0.6 is 11.6 Å². The molecule has 1 heterocycles. The molecule has 0 fully saturated rings. The lowest BCUT2D eigenvalue weighted by molar-refractivity contribution is 0.480. The van der Waals surface area contributed by atoms with Crippen molar-refractivity contribution < 1.29 is 4.74 Å². The minimum Gasteiger partial charge on any atom is -0.456 e. The Morgan fingerprint density at radius 2 is 2.18 bits per heavy atom. The molecule has 1 aromatic carbocycles. The van der Waals surface area contributed by atoms with Gasteiger partial charge in [-0.15, -0.1) is 0 Å². The molecule has 1 aromatic heterocycles. The number of ether oxygens (including phenoxy) is 1. The molecule has 17 heavy (non-hydrogen) atoms. The Bertz CT molecular complexity index is 590. The molecule has 0 aliphatic heterocycles. The van der Waals surface area contributed by atoms with E-state index in [4.69, 9.17) is 21.6 Å². The van der Waals surface area contributed by atoms with Crippen molar-refractivity contribution in [1.29, 1.82) is 5.26 Å². The van der Waals surface area contributed by atoms with Gasteiger partial charge in [-0.1, -0.05) is 23.7 Å². The summed E-state index contributed by atoms with van der Waals surface area (Å²) in [5.41, 5.74) is 1.33. The molecule has 0 saturated carbocycles. The summed E-state index contributed by atoms with van der Waals surface area (Å²) < 4.78 is 5.62. The molecule has 0 radical (unpaired) electrons. The van der Waals surface area contributed by atoms with Gasteiger partial charge < -0.3 is 4.74 Å². The van der Waals surface area contributed by atoms with Crippen molar-refractivity contribution in [3.63, 3.8) is 0 Å². The minimum absolute atomic E-state index is 0.151. The zero-order valence-electron chi connectivity index (χ0n) is 9.14. The Balaban J connectivity index is 2.37. The standard InChI is InChI=1S/C13H9ClN2O/c1-9-3-2-4-10(7-9)17-12-5-6-16-13(14)11(12)8-15/h2-7H,1H3. The number of hydrogen-bond acceptors (Lipinski definition) is 3. The molecule has 2 aromatic rings. The van der Waals surface area contributed by atoms with Gasteiger partial charge in [0.1, 0.15) is 23.1 Å². The Hall–Kier alpha value is -2.05. The van der Waals surface area contributed by atoms with Crippen LogP contribution in [0.25, 0.3) is 0 Å². The number of rotatable bonds is 2. The molecule has 4 heteroatoms. The molecule has 84 valence electrons. The summed E-state index contributed by atoms with van der Waals surface area (Å²) in [4.78, 5) is 3.83. The zero-order chi connectivity index (χ0) is 12.3. The molecule has 0 aliphatic rings. The van der Waals surface area contributed by atoms with Gasteiger partial charge in [-0.25, -0.2) is 4.98 Å². The minimum atomic E-state index is 0.151.